The van der Waals surface area contributed by atoms with Crippen LogP contribution >= 0.6 is 0 Å². The number of para-hydroxylation sites is 1. The lowest BCUT2D eigenvalue weighted by Crippen LogP contribution is -2.10. The number of nitrogens with zero attached hydrogens (tertiary/aromatic N) is 1. The molecule has 0 aliphatic rings. The third-order valence-corrected chi connectivity index (χ3v) is 5.53. The van der Waals surface area contributed by atoms with Gasteiger partial charge < -0.3 is 24.9 Å². The number of hydrogen-bond donors (Lipinski definition) is 3. The molecule has 0 atom stereocenters. The second-order valence-electron chi connectivity index (χ2n) is 7.72. The number of H-pyrrole nitrogens is 1. The van der Waals surface area contributed by atoms with Gasteiger partial charge in [-0.15, -0.1) is 0 Å². The number of carbonyl (C=O) groups is 2. The number of benzene rings is 3. The highest BCUT2D eigenvalue weighted by atomic mass is 16.5. The van der Waals surface area contributed by atoms with Gasteiger partial charge >= 0.3 is 11.9 Å². The fourth-order valence-corrected chi connectivity index (χ4v) is 3.92. The minimum atomic E-state index is -1.09. The Kier molecular flexibility index (Phi) is 5.76. The predicted octanol–water partition coefficient (Wildman–Crippen LogP) is 6.13. The van der Waals surface area contributed by atoms with Crippen LogP contribution in [0.2, 0.25) is 0 Å². The Bertz CT molecular complexity index is 1570. The van der Waals surface area contributed by atoms with E-state index in [2.05, 4.69) is 15.3 Å². The van der Waals surface area contributed by atoms with E-state index in [-0.39, 0.29) is 17.7 Å². The van der Waals surface area contributed by atoms with E-state index >= 15 is 0 Å². The molecule has 35 heavy (non-hydrogen) atoms. The number of nitrogens with one attached hydrogen (secondary N) is 2. The normalized spacial score (nSPS) is 10.9. The Morgan fingerprint density at radius 1 is 1.00 bits per heavy atom. The first kappa shape index (κ1) is 22.0. The van der Waals surface area contributed by atoms with Crippen molar-refractivity contribution in [2.75, 3.05) is 11.9 Å². The van der Waals surface area contributed by atoms with E-state index in [1.54, 1.807) is 43.3 Å². The average Bonchev–Trinajstić information content (AvgIpc) is 3.35. The van der Waals surface area contributed by atoms with Gasteiger partial charge in [0.2, 0.25) is 0 Å². The summed E-state index contributed by atoms with van der Waals surface area (Å²) in [7, 11) is 0. The monoisotopic (exact) mass is 467 g/mol. The van der Waals surface area contributed by atoms with Gasteiger partial charge in [0.15, 0.2) is 0 Å². The fraction of sp³-hybridized carbons (Fsp3) is 0.0741. The van der Waals surface area contributed by atoms with Gasteiger partial charge in [-0.1, -0.05) is 18.2 Å². The summed E-state index contributed by atoms with van der Waals surface area (Å²) in [5.74, 6) is -0.458. The number of carbonyl (C=O) groups excluding carboxylic acids is 1. The molecule has 0 amide bonds. The second-order valence-corrected chi connectivity index (χ2v) is 7.72. The van der Waals surface area contributed by atoms with Gasteiger partial charge in [-0.05, 0) is 55.5 Å². The summed E-state index contributed by atoms with van der Waals surface area (Å²) in [5, 5.41) is 14.3. The number of ether oxygens (including phenoxy) is 2. The molecular weight excluding hydrogens is 446 g/mol. The number of pyridine rings is 1. The second kappa shape index (κ2) is 9.18. The molecule has 0 saturated carbocycles. The highest BCUT2D eigenvalue weighted by molar-refractivity contribution is 6.07. The van der Waals surface area contributed by atoms with E-state index in [9.17, 15) is 14.7 Å². The maximum Gasteiger partial charge on any atom is 0.341 e. The van der Waals surface area contributed by atoms with Gasteiger partial charge in [-0.25, -0.2) is 9.59 Å². The van der Waals surface area contributed by atoms with Crippen molar-refractivity contribution >= 4 is 45.1 Å². The highest BCUT2D eigenvalue weighted by Gasteiger charge is 2.20. The average molecular weight is 467 g/mol. The zero-order chi connectivity index (χ0) is 24.4. The zero-order valence-electron chi connectivity index (χ0n) is 18.7. The topological polar surface area (TPSA) is 114 Å². The molecule has 0 radical (unpaired) electrons. The number of hydrogen-bond acceptors (Lipinski definition) is 6. The minimum absolute atomic E-state index is 0.0683. The largest absolute Gasteiger partial charge is 0.478 e. The Morgan fingerprint density at radius 3 is 2.69 bits per heavy atom. The van der Waals surface area contributed by atoms with E-state index in [4.69, 9.17) is 9.47 Å². The molecular formula is C27H21N3O5. The number of esters is 1. The first-order chi connectivity index (χ1) is 17.0. The van der Waals surface area contributed by atoms with Crippen LogP contribution in [0.1, 0.15) is 27.6 Å². The molecule has 3 aromatic carbocycles. The molecule has 5 rings (SSSR count). The number of aromatic amines is 1. The van der Waals surface area contributed by atoms with E-state index < -0.39 is 11.9 Å². The van der Waals surface area contributed by atoms with Gasteiger partial charge in [0.25, 0.3) is 0 Å². The number of fused-ring (bicyclic) bond motifs is 2. The lowest BCUT2D eigenvalue weighted by atomic mass is 10.1. The SMILES string of the molecule is CCOC(=O)c1cnc2ccc(Oc3cccc4[nH]ccc34)cc2c1Nc1ccccc1C(=O)O. The summed E-state index contributed by atoms with van der Waals surface area (Å²) in [6.07, 6.45) is 3.27. The first-order valence-corrected chi connectivity index (χ1v) is 11.0. The van der Waals surface area contributed by atoms with E-state index in [0.29, 0.717) is 33.8 Å². The van der Waals surface area contributed by atoms with Crippen LogP contribution in [-0.4, -0.2) is 33.6 Å². The summed E-state index contributed by atoms with van der Waals surface area (Å²) in [4.78, 5) is 32.1. The molecule has 0 fully saturated rings. The van der Waals surface area contributed by atoms with E-state index in [0.717, 1.165) is 10.9 Å². The predicted molar refractivity (Wildman–Crippen MR) is 133 cm³/mol. The number of rotatable bonds is 7. The molecule has 5 aromatic rings. The van der Waals surface area contributed by atoms with Crippen molar-refractivity contribution in [1.82, 2.24) is 9.97 Å². The first-order valence-electron chi connectivity index (χ1n) is 11.0. The van der Waals surface area contributed by atoms with Crippen LogP contribution < -0.4 is 10.1 Å². The lowest BCUT2D eigenvalue weighted by Gasteiger charge is -2.16. The number of aromatic carboxylic acids is 1. The zero-order valence-corrected chi connectivity index (χ0v) is 18.7. The molecule has 0 saturated heterocycles. The Labute approximate surface area is 200 Å². The summed E-state index contributed by atoms with van der Waals surface area (Å²) < 4.78 is 11.4. The minimum Gasteiger partial charge on any atom is -0.478 e. The van der Waals surface area contributed by atoms with Crippen molar-refractivity contribution in [2.45, 2.75) is 6.92 Å². The van der Waals surface area contributed by atoms with Crippen LogP contribution in [0.3, 0.4) is 0 Å². The van der Waals surface area contributed by atoms with Crippen molar-refractivity contribution in [3.63, 3.8) is 0 Å². The molecule has 2 heterocycles. The third kappa shape index (κ3) is 4.24. The molecule has 0 bridgehead atoms. The van der Waals surface area contributed by atoms with Crippen molar-refractivity contribution in [2.24, 2.45) is 0 Å². The van der Waals surface area contributed by atoms with Crippen molar-refractivity contribution in [3.8, 4) is 11.5 Å². The van der Waals surface area contributed by atoms with Gasteiger partial charge in [-0.3, -0.25) is 4.98 Å². The molecule has 3 N–H and O–H groups in total. The highest BCUT2D eigenvalue weighted by Crippen LogP contribution is 2.36. The number of carboxylic acids is 1. The molecule has 0 aliphatic carbocycles. The molecule has 174 valence electrons. The van der Waals surface area contributed by atoms with Crippen molar-refractivity contribution in [3.05, 3.63) is 90.3 Å². The van der Waals surface area contributed by atoms with Crippen LogP contribution in [-0.2, 0) is 4.74 Å². The summed E-state index contributed by atoms with van der Waals surface area (Å²) >= 11 is 0. The van der Waals surface area contributed by atoms with Crippen LogP contribution in [0.5, 0.6) is 11.5 Å². The molecule has 8 nitrogen and oxygen atoms in total. The molecule has 2 aromatic heterocycles. The van der Waals surface area contributed by atoms with Gasteiger partial charge in [-0.2, -0.15) is 0 Å². The number of aromatic nitrogens is 2. The summed E-state index contributed by atoms with van der Waals surface area (Å²) in [5.41, 5.74) is 2.51. The molecule has 8 heteroatoms. The van der Waals surface area contributed by atoms with E-state index in [1.807, 2.05) is 30.5 Å². The van der Waals surface area contributed by atoms with Crippen molar-refractivity contribution < 1.29 is 24.2 Å². The standard InChI is InChI=1S/C27H21N3O5/c1-2-34-27(33)20-15-29-22-11-10-16(35-24-9-5-8-21-17(24)12-13-28-21)14-19(22)25(20)30-23-7-4-3-6-18(23)26(31)32/h3-15,28H,2H2,1H3,(H,29,30)(H,31,32). The number of anilines is 2. The van der Waals surface area contributed by atoms with Crippen LogP contribution in [0.15, 0.2) is 79.1 Å². The Morgan fingerprint density at radius 2 is 1.86 bits per heavy atom. The van der Waals surface area contributed by atoms with Gasteiger partial charge in [0.1, 0.15) is 17.1 Å². The Hall–Kier alpha value is -4.85. The Balaban J connectivity index is 1.65. The summed E-state index contributed by atoms with van der Waals surface area (Å²) in [6.45, 7) is 1.90. The maximum absolute atomic E-state index is 12.8. The van der Waals surface area contributed by atoms with Crippen LogP contribution in [0.25, 0.3) is 21.8 Å². The van der Waals surface area contributed by atoms with Crippen molar-refractivity contribution in [1.29, 1.82) is 0 Å². The van der Waals surface area contributed by atoms with E-state index in [1.165, 1.54) is 12.3 Å². The van der Waals surface area contributed by atoms with Crippen LogP contribution in [0.4, 0.5) is 11.4 Å². The lowest BCUT2D eigenvalue weighted by molar-refractivity contribution is 0.0526. The molecule has 0 unspecified atom stereocenters. The third-order valence-electron chi connectivity index (χ3n) is 5.53. The van der Waals surface area contributed by atoms with Gasteiger partial charge in [0, 0.05) is 28.7 Å². The summed E-state index contributed by atoms with van der Waals surface area (Å²) in [6, 6.07) is 19.5. The fourth-order valence-electron chi connectivity index (χ4n) is 3.92. The molecule has 0 spiro atoms. The smallest absolute Gasteiger partial charge is 0.341 e. The number of carboxylic acid groups (broad SMARTS) is 1. The maximum atomic E-state index is 12.8. The molecule has 0 aliphatic heterocycles. The van der Waals surface area contributed by atoms with Crippen LogP contribution in [0, 0.1) is 0 Å². The quantitative estimate of drug-likeness (QED) is 0.247. The van der Waals surface area contributed by atoms with Gasteiger partial charge in [0.05, 0.1) is 29.1 Å².